The van der Waals surface area contributed by atoms with Gasteiger partial charge in [-0.1, -0.05) is 11.6 Å². The van der Waals surface area contributed by atoms with Gasteiger partial charge < -0.3 is 14.6 Å². The van der Waals surface area contributed by atoms with Crippen LogP contribution >= 0.6 is 11.6 Å². The van der Waals surface area contributed by atoms with Gasteiger partial charge in [0.05, 0.1) is 11.4 Å². The summed E-state index contributed by atoms with van der Waals surface area (Å²) < 4.78 is 10.7. The van der Waals surface area contributed by atoms with Crippen LogP contribution in [-0.4, -0.2) is 35.9 Å². The number of carbonyl (C=O) groups is 1. The highest BCUT2D eigenvalue weighted by Crippen LogP contribution is 2.42. The highest BCUT2D eigenvalue weighted by molar-refractivity contribution is 6.32. The molecule has 0 bridgehead atoms. The fourth-order valence-electron chi connectivity index (χ4n) is 2.86. The van der Waals surface area contributed by atoms with E-state index in [2.05, 4.69) is 4.90 Å². The molecule has 0 aliphatic carbocycles. The highest BCUT2D eigenvalue weighted by atomic mass is 35.5. The molecule has 1 aromatic carbocycles. The van der Waals surface area contributed by atoms with Crippen molar-refractivity contribution in [3.63, 3.8) is 0 Å². The highest BCUT2D eigenvalue weighted by Gasteiger charge is 2.28. The van der Waals surface area contributed by atoms with Crippen LogP contribution in [0.15, 0.2) is 12.1 Å². The Morgan fingerprint density at radius 1 is 1.35 bits per heavy atom. The number of carboxylic acid groups (broad SMARTS) is 1. The Morgan fingerprint density at radius 3 is 2.80 bits per heavy atom. The lowest BCUT2D eigenvalue weighted by atomic mass is 10.0. The van der Waals surface area contributed by atoms with E-state index in [-0.39, 0.29) is 19.3 Å². The zero-order valence-corrected chi connectivity index (χ0v) is 11.7. The van der Waals surface area contributed by atoms with Gasteiger partial charge in [-0.3, -0.25) is 9.69 Å². The topological polar surface area (TPSA) is 59.0 Å². The van der Waals surface area contributed by atoms with Crippen LogP contribution in [-0.2, 0) is 4.79 Å². The smallest absolute Gasteiger partial charge is 0.305 e. The molecule has 1 atom stereocenters. The number of hydrogen-bond donors (Lipinski definition) is 1. The molecule has 1 fully saturated rings. The third kappa shape index (κ3) is 2.55. The normalized spacial score (nSPS) is 19.2. The Hall–Kier alpha value is -1.46. The molecule has 20 heavy (non-hydrogen) atoms. The van der Waals surface area contributed by atoms with Gasteiger partial charge in [-0.15, -0.1) is 0 Å². The van der Waals surface area contributed by atoms with Crippen molar-refractivity contribution in [1.82, 2.24) is 4.90 Å². The van der Waals surface area contributed by atoms with Crippen LogP contribution in [0.2, 0.25) is 5.02 Å². The molecule has 1 N–H and O–H groups in total. The van der Waals surface area contributed by atoms with Crippen LogP contribution in [0.1, 0.15) is 30.9 Å². The van der Waals surface area contributed by atoms with E-state index in [1.165, 1.54) is 0 Å². The summed E-state index contributed by atoms with van der Waals surface area (Å²) in [5.41, 5.74) is 0.878. The molecule has 0 aromatic heterocycles. The molecule has 0 spiro atoms. The zero-order valence-electron chi connectivity index (χ0n) is 11.0. The predicted octanol–water partition coefficient (Wildman–Crippen LogP) is 2.68. The van der Waals surface area contributed by atoms with Crippen molar-refractivity contribution in [2.24, 2.45) is 0 Å². The first-order chi connectivity index (χ1) is 9.65. The van der Waals surface area contributed by atoms with E-state index in [0.29, 0.717) is 16.5 Å². The number of ether oxygens (including phenoxy) is 2. The van der Waals surface area contributed by atoms with Gasteiger partial charge in [0.25, 0.3) is 0 Å². The lowest BCUT2D eigenvalue weighted by Gasteiger charge is -2.27. The minimum atomic E-state index is -0.810. The Labute approximate surface area is 122 Å². The van der Waals surface area contributed by atoms with Crippen LogP contribution in [0.4, 0.5) is 0 Å². The Balaban J connectivity index is 1.94. The maximum Gasteiger partial charge on any atom is 0.305 e. The lowest BCUT2D eigenvalue weighted by Crippen LogP contribution is -2.27. The SMILES string of the molecule is O=C(O)CC(c1cc(Cl)c2c(c1)OCO2)N1CCCC1. The predicted molar refractivity (Wildman–Crippen MR) is 73.4 cm³/mol. The summed E-state index contributed by atoms with van der Waals surface area (Å²) in [6.07, 6.45) is 2.28. The molecule has 3 rings (SSSR count). The fourth-order valence-corrected chi connectivity index (χ4v) is 3.13. The summed E-state index contributed by atoms with van der Waals surface area (Å²) >= 11 is 6.19. The van der Waals surface area contributed by atoms with Gasteiger partial charge in [-0.2, -0.15) is 0 Å². The summed E-state index contributed by atoms with van der Waals surface area (Å²) in [5, 5.41) is 9.63. The Morgan fingerprint density at radius 2 is 2.10 bits per heavy atom. The molecule has 0 amide bonds. The van der Waals surface area contributed by atoms with E-state index in [9.17, 15) is 4.79 Å². The molecule has 6 heteroatoms. The Bertz CT molecular complexity index is 528. The first-order valence-electron chi connectivity index (χ1n) is 6.70. The van der Waals surface area contributed by atoms with E-state index >= 15 is 0 Å². The second-order valence-electron chi connectivity index (χ2n) is 5.09. The van der Waals surface area contributed by atoms with E-state index < -0.39 is 5.97 Å². The third-order valence-corrected chi connectivity index (χ3v) is 4.06. The molecule has 2 aliphatic rings. The average molecular weight is 298 g/mol. The van der Waals surface area contributed by atoms with Crippen LogP contribution in [0.5, 0.6) is 11.5 Å². The lowest BCUT2D eigenvalue weighted by molar-refractivity contribution is -0.138. The van der Waals surface area contributed by atoms with Crippen molar-refractivity contribution < 1.29 is 19.4 Å². The minimum Gasteiger partial charge on any atom is -0.481 e. The van der Waals surface area contributed by atoms with Crippen LogP contribution in [0, 0.1) is 0 Å². The monoisotopic (exact) mass is 297 g/mol. The summed E-state index contributed by atoms with van der Waals surface area (Å²) in [6, 6.07) is 3.48. The van der Waals surface area contributed by atoms with Gasteiger partial charge >= 0.3 is 5.97 Å². The summed E-state index contributed by atoms with van der Waals surface area (Å²) in [7, 11) is 0. The maximum absolute atomic E-state index is 11.1. The van der Waals surface area contributed by atoms with Crippen molar-refractivity contribution in [2.45, 2.75) is 25.3 Å². The quantitative estimate of drug-likeness (QED) is 0.926. The van der Waals surface area contributed by atoms with Crippen LogP contribution in [0.3, 0.4) is 0 Å². The summed E-state index contributed by atoms with van der Waals surface area (Å²) in [5.74, 6) is 0.337. The van der Waals surface area contributed by atoms with Crippen LogP contribution in [0.25, 0.3) is 0 Å². The van der Waals surface area contributed by atoms with E-state index in [1.54, 1.807) is 6.07 Å². The van der Waals surface area contributed by atoms with Gasteiger partial charge in [0, 0.05) is 6.04 Å². The van der Waals surface area contributed by atoms with Crippen molar-refractivity contribution >= 4 is 17.6 Å². The van der Waals surface area contributed by atoms with Crippen molar-refractivity contribution in [1.29, 1.82) is 0 Å². The third-order valence-electron chi connectivity index (χ3n) is 3.78. The van der Waals surface area contributed by atoms with Crippen molar-refractivity contribution in [3.05, 3.63) is 22.7 Å². The van der Waals surface area contributed by atoms with Crippen LogP contribution < -0.4 is 9.47 Å². The number of nitrogens with zero attached hydrogens (tertiary/aromatic N) is 1. The fraction of sp³-hybridized carbons (Fsp3) is 0.500. The minimum absolute atomic E-state index is 0.0654. The number of fused-ring (bicyclic) bond motifs is 1. The molecular formula is C14H16ClNO4. The van der Waals surface area contributed by atoms with E-state index in [0.717, 1.165) is 31.5 Å². The molecule has 1 aromatic rings. The molecule has 5 nitrogen and oxygen atoms in total. The van der Waals surface area contributed by atoms with Crippen molar-refractivity contribution in [3.8, 4) is 11.5 Å². The number of aliphatic carboxylic acids is 1. The van der Waals surface area contributed by atoms with Crippen molar-refractivity contribution in [2.75, 3.05) is 19.9 Å². The molecule has 0 saturated carbocycles. The first-order valence-corrected chi connectivity index (χ1v) is 7.08. The average Bonchev–Trinajstić information content (AvgIpc) is 3.06. The second-order valence-corrected chi connectivity index (χ2v) is 5.50. The number of likely N-dealkylation sites (tertiary alicyclic amines) is 1. The molecule has 2 heterocycles. The number of halogens is 1. The summed E-state index contributed by atoms with van der Waals surface area (Å²) in [6.45, 7) is 2.00. The molecule has 1 saturated heterocycles. The number of rotatable bonds is 4. The molecule has 0 radical (unpaired) electrons. The zero-order chi connectivity index (χ0) is 14.1. The van der Waals surface area contributed by atoms with Gasteiger partial charge in [0.15, 0.2) is 11.5 Å². The first kappa shape index (κ1) is 13.5. The van der Waals surface area contributed by atoms with Gasteiger partial charge in [-0.25, -0.2) is 0 Å². The van der Waals surface area contributed by atoms with Gasteiger partial charge in [0.2, 0.25) is 6.79 Å². The standard InChI is InChI=1S/C14H16ClNO4/c15-10-5-9(6-12-14(10)20-8-19-12)11(7-13(17)18)16-3-1-2-4-16/h5-6,11H,1-4,7-8H2,(H,17,18). The Kier molecular flexibility index (Phi) is 3.72. The maximum atomic E-state index is 11.1. The summed E-state index contributed by atoms with van der Waals surface area (Å²) in [4.78, 5) is 13.3. The van der Waals surface area contributed by atoms with Gasteiger partial charge in [-0.05, 0) is 43.6 Å². The molecular weight excluding hydrogens is 282 g/mol. The second kappa shape index (κ2) is 5.50. The number of carboxylic acids is 1. The number of benzene rings is 1. The van der Waals surface area contributed by atoms with Gasteiger partial charge in [0.1, 0.15) is 0 Å². The molecule has 2 aliphatic heterocycles. The van der Waals surface area contributed by atoms with E-state index in [4.69, 9.17) is 26.2 Å². The molecule has 1 unspecified atom stereocenters. The number of hydrogen-bond acceptors (Lipinski definition) is 4. The largest absolute Gasteiger partial charge is 0.481 e. The van der Waals surface area contributed by atoms with E-state index in [1.807, 2.05) is 6.07 Å². The molecule has 108 valence electrons.